The van der Waals surface area contributed by atoms with Gasteiger partial charge >= 0.3 is 0 Å². The fourth-order valence-electron chi connectivity index (χ4n) is 1.60. The first kappa shape index (κ1) is 13.2. The van der Waals surface area contributed by atoms with E-state index in [0.717, 1.165) is 18.6 Å². The summed E-state index contributed by atoms with van der Waals surface area (Å²) in [6.45, 7) is 2.80. The summed E-state index contributed by atoms with van der Waals surface area (Å²) in [5, 5.41) is 2.76. The second kappa shape index (κ2) is 6.64. The van der Waals surface area contributed by atoms with E-state index in [1.807, 2.05) is 18.2 Å². The van der Waals surface area contributed by atoms with Gasteiger partial charge in [-0.25, -0.2) is 0 Å². The molecule has 0 bridgehead atoms. The molecule has 0 aliphatic heterocycles. The van der Waals surface area contributed by atoms with Crippen LogP contribution < -0.4 is 10.1 Å². The van der Waals surface area contributed by atoms with E-state index in [0.29, 0.717) is 12.3 Å². The highest BCUT2D eigenvalue weighted by molar-refractivity contribution is 6.02. The van der Waals surface area contributed by atoms with Crippen molar-refractivity contribution < 1.29 is 13.9 Å². The summed E-state index contributed by atoms with van der Waals surface area (Å²) < 4.78 is 10.6. The Morgan fingerprint density at radius 1 is 1.32 bits per heavy atom. The summed E-state index contributed by atoms with van der Waals surface area (Å²) in [7, 11) is 0. The number of hydrogen-bond donors (Lipinski definition) is 1. The molecule has 0 atom stereocenters. The monoisotopic (exact) mass is 259 g/mol. The van der Waals surface area contributed by atoms with E-state index in [1.165, 1.54) is 6.26 Å². The molecule has 4 heteroatoms. The largest absolute Gasteiger partial charge is 0.494 e. The minimum absolute atomic E-state index is 0.268. The van der Waals surface area contributed by atoms with Crippen LogP contribution in [0.5, 0.6) is 5.75 Å². The lowest BCUT2D eigenvalue weighted by molar-refractivity contribution is 0.0996. The molecule has 100 valence electrons. The first-order chi connectivity index (χ1) is 9.29. The van der Waals surface area contributed by atoms with E-state index in [4.69, 9.17) is 9.15 Å². The Morgan fingerprint density at radius 3 is 2.95 bits per heavy atom. The molecule has 2 aromatic rings. The lowest BCUT2D eigenvalue weighted by Gasteiger charge is -2.08. The maximum absolute atomic E-state index is 11.8. The minimum atomic E-state index is -0.268. The number of ether oxygens (including phenoxy) is 1. The molecule has 0 unspecified atom stereocenters. The zero-order valence-electron chi connectivity index (χ0n) is 10.9. The fourth-order valence-corrected chi connectivity index (χ4v) is 1.60. The number of rotatable bonds is 6. The van der Waals surface area contributed by atoms with Gasteiger partial charge in [-0.1, -0.05) is 19.4 Å². The normalized spacial score (nSPS) is 10.2. The summed E-state index contributed by atoms with van der Waals surface area (Å²) in [4.78, 5) is 11.8. The van der Waals surface area contributed by atoms with Crippen molar-refractivity contribution in [1.82, 2.24) is 0 Å². The fraction of sp³-hybridized carbons (Fsp3) is 0.267. The molecule has 2 rings (SSSR count). The van der Waals surface area contributed by atoms with Gasteiger partial charge in [0.15, 0.2) is 5.76 Å². The molecule has 1 aromatic carbocycles. The highest BCUT2D eigenvalue weighted by Gasteiger charge is 2.08. The van der Waals surface area contributed by atoms with Crippen LogP contribution in [0.1, 0.15) is 30.3 Å². The van der Waals surface area contributed by atoms with Crippen LogP contribution in [0.15, 0.2) is 47.1 Å². The van der Waals surface area contributed by atoms with E-state index in [1.54, 1.807) is 18.2 Å². The SMILES string of the molecule is CCCCOc1cccc(NC(=O)c2ccco2)c1. The summed E-state index contributed by atoms with van der Waals surface area (Å²) in [5.41, 5.74) is 0.690. The van der Waals surface area contributed by atoms with Gasteiger partial charge in [-0.2, -0.15) is 0 Å². The van der Waals surface area contributed by atoms with Crippen LogP contribution in [0.25, 0.3) is 0 Å². The molecule has 0 aliphatic carbocycles. The third-order valence-electron chi connectivity index (χ3n) is 2.60. The Balaban J connectivity index is 1.97. The van der Waals surface area contributed by atoms with Gasteiger partial charge in [-0.05, 0) is 30.7 Å². The van der Waals surface area contributed by atoms with Crippen LogP contribution >= 0.6 is 0 Å². The first-order valence-corrected chi connectivity index (χ1v) is 6.37. The first-order valence-electron chi connectivity index (χ1n) is 6.37. The molecule has 0 radical (unpaired) electrons. The molecule has 0 saturated carbocycles. The van der Waals surface area contributed by atoms with Crippen molar-refractivity contribution in [3.05, 3.63) is 48.4 Å². The van der Waals surface area contributed by atoms with Gasteiger partial charge in [0.1, 0.15) is 5.75 Å². The topological polar surface area (TPSA) is 51.5 Å². The van der Waals surface area contributed by atoms with Gasteiger partial charge in [-0.15, -0.1) is 0 Å². The molecule has 1 aromatic heterocycles. The van der Waals surface area contributed by atoms with Crippen molar-refractivity contribution >= 4 is 11.6 Å². The number of amides is 1. The highest BCUT2D eigenvalue weighted by Crippen LogP contribution is 2.18. The molecule has 4 nitrogen and oxygen atoms in total. The zero-order chi connectivity index (χ0) is 13.5. The molecule has 1 amide bonds. The molecule has 0 aliphatic rings. The second-order valence-corrected chi connectivity index (χ2v) is 4.16. The predicted octanol–water partition coefficient (Wildman–Crippen LogP) is 3.71. The Bertz CT molecular complexity index is 520. The van der Waals surface area contributed by atoms with Crippen LogP contribution in [0.2, 0.25) is 0 Å². The Labute approximate surface area is 112 Å². The number of furan rings is 1. The zero-order valence-corrected chi connectivity index (χ0v) is 10.9. The molecule has 19 heavy (non-hydrogen) atoms. The summed E-state index contributed by atoms with van der Waals surface area (Å²) in [6, 6.07) is 10.6. The van der Waals surface area contributed by atoms with Crippen molar-refractivity contribution in [3.63, 3.8) is 0 Å². The van der Waals surface area contributed by atoms with Crippen molar-refractivity contribution in [2.45, 2.75) is 19.8 Å². The Kier molecular flexibility index (Phi) is 4.61. The summed E-state index contributed by atoms with van der Waals surface area (Å²) in [6.07, 6.45) is 3.58. The number of anilines is 1. The maximum Gasteiger partial charge on any atom is 0.291 e. The van der Waals surface area contributed by atoms with Gasteiger partial charge in [0.25, 0.3) is 5.91 Å². The van der Waals surface area contributed by atoms with Crippen molar-refractivity contribution in [2.24, 2.45) is 0 Å². The average Bonchev–Trinajstić information content (AvgIpc) is 2.93. The summed E-state index contributed by atoms with van der Waals surface area (Å²) in [5.74, 6) is 0.777. The molecule has 1 heterocycles. The van der Waals surface area contributed by atoms with Gasteiger partial charge in [0, 0.05) is 11.8 Å². The lowest BCUT2D eigenvalue weighted by atomic mass is 10.3. The van der Waals surface area contributed by atoms with E-state index >= 15 is 0 Å². The smallest absolute Gasteiger partial charge is 0.291 e. The maximum atomic E-state index is 11.8. The number of benzene rings is 1. The Hall–Kier alpha value is -2.23. The van der Waals surface area contributed by atoms with Gasteiger partial charge < -0.3 is 14.5 Å². The molecule has 0 spiro atoms. The van der Waals surface area contributed by atoms with Gasteiger partial charge in [0.2, 0.25) is 0 Å². The number of nitrogens with one attached hydrogen (secondary N) is 1. The number of carbonyl (C=O) groups excluding carboxylic acids is 1. The third-order valence-corrected chi connectivity index (χ3v) is 2.60. The van der Waals surface area contributed by atoms with E-state index in [9.17, 15) is 4.79 Å². The van der Waals surface area contributed by atoms with Crippen molar-refractivity contribution in [1.29, 1.82) is 0 Å². The number of unbranched alkanes of at least 4 members (excludes halogenated alkanes) is 1. The minimum Gasteiger partial charge on any atom is -0.494 e. The number of hydrogen-bond acceptors (Lipinski definition) is 3. The molecule has 1 N–H and O–H groups in total. The molecule has 0 saturated heterocycles. The second-order valence-electron chi connectivity index (χ2n) is 4.16. The quantitative estimate of drug-likeness (QED) is 0.804. The highest BCUT2D eigenvalue weighted by atomic mass is 16.5. The van der Waals surface area contributed by atoms with Crippen LogP contribution in [0, 0.1) is 0 Å². The van der Waals surface area contributed by atoms with E-state index < -0.39 is 0 Å². The Morgan fingerprint density at radius 2 is 2.21 bits per heavy atom. The summed E-state index contributed by atoms with van der Waals surface area (Å²) >= 11 is 0. The van der Waals surface area contributed by atoms with Crippen LogP contribution in [0.3, 0.4) is 0 Å². The van der Waals surface area contributed by atoms with Crippen molar-refractivity contribution in [2.75, 3.05) is 11.9 Å². The van der Waals surface area contributed by atoms with Gasteiger partial charge in [-0.3, -0.25) is 4.79 Å². The number of carbonyl (C=O) groups is 1. The van der Waals surface area contributed by atoms with Gasteiger partial charge in [0.05, 0.1) is 12.9 Å². The van der Waals surface area contributed by atoms with E-state index in [-0.39, 0.29) is 11.7 Å². The molecule has 0 fully saturated rings. The van der Waals surface area contributed by atoms with Crippen molar-refractivity contribution in [3.8, 4) is 5.75 Å². The van der Waals surface area contributed by atoms with Crippen LogP contribution in [0.4, 0.5) is 5.69 Å². The van der Waals surface area contributed by atoms with Crippen LogP contribution in [-0.2, 0) is 0 Å². The molecular formula is C15H17NO3. The average molecular weight is 259 g/mol. The third kappa shape index (κ3) is 3.88. The molecular weight excluding hydrogens is 242 g/mol. The van der Waals surface area contributed by atoms with Crippen LogP contribution in [-0.4, -0.2) is 12.5 Å². The lowest BCUT2D eigenvalue weighted by Crippen LogP contribution is -2.10. The predicted molar refractivity (Wildman–Crippen MR) is 73.5 cm³/mol. The standard InChI is InChI=1S/C15H17NO3/c1-2-3-9-18-13-7-4-6-12(11-13)16-15(17)14-8-5-10-19-14/h4-8,10-11H,2-3,9H2,1H3,(H,16,17). The van der Waals surface area contributed by atoms with E-state index in [2.05, 4.69) is 12.2 Å².